The van der Waals surface area contributed by atoms with Crippen molar-refractivity contribution < 1.29 is 13.3 Å². The highest BCUT2D eigenvalue weighted by molar-refractivity contribution is 7.92. The lowest BCUT2D eigenvalue weighted by Crippen LogP contribution is -2.35. The Hall–Kier alpha value is -1.47. The minimum Gasteiger partial charge on any atom is -0.317 e. The molecule has 0 atom stereocenters. The van der Waals surface area contributed by atoms with Gasteiger partial charge in [-0.1, -0.05) is 0 Å². The third kappa shape index (κ3) is 2.76. The minimum atomic E-state index is -3.39. The standard InChI is InChI=1S/C12H16N2O4S/c1-9-8-11(2-3-12(9)14(15)16)19(17,18)10-4-6-13-7-5-10/h2-3,8,10,13H,4-7H2,1H3. The van der Waals surface area contributed by atoms with Crippen molar-refractivity contribution in [3.8, 4) is 0 Å². The van der Waals surface area contributed by atoms with Gasteiger partial charge in [0.05, 0.1) is 15.1 Å². The van der Waals surface area contributed by atoms with Gasteiger partial charge in [-0.25, -0.2) is 8.42 Å². The van der Waals surface area contributed by atoms with Crippen LogP contribution >= 0.6 is 0 Å². The van der Waals surface area contributed by atoms with E-state index in [1.54, 1.807) is 6.92 Å². The van der Waals surface area contributed by atoms with Gasteiger partial charge in [0.25, 0.3) is 5.69 Å². The molecule has 1 aromatic carbocycles. The maximum Gasteiger partial charge on any atom is 0.272 e. The molecule has 1 N–H and O–H groups in total. The van der Waals surface area contributed by atoms with E-state index < -0.39 is 20.0 Å². The second-order valence-electron chi connectivity index (χ2n) is 4.70. The molecule has 0 aromatic heterocycles. The van der Waals surface area contributed by atoms with E-state index in [1.165, 1.54) is 18.2 Å². The Morgan fingerprint density at radius 1 is 1.32 bits per heavy atom. The van der Waals surface area contributed by atoms with Crippen molar-refractivity contribution in [1.29, 1.82) is 0 Å². The molecular formula is C12H16N2O4S. The highest BCUT2D eigenvalue weighted by Gasteiger charge is 2.29. The van der Waals surface area contributed by atoms with Gasteiger partial charge in [-0.3, -0.25) is 10.1 Å². The quantitative estimate of drug-likeness (QED) is 0.670. The van der Waals surface area contributed by atoms with Crippen LogP contribution in [0.4, 0.5) is 5.69 Å². The van der Waals surface area contributed by atoms with Gasteiger partial charge in [-0.05, 0) is 45.0 Å². The van der Waals surface area contributed by atoms with Crippen LogP contribution in [0.2, 0.25) is 0 Å². The first-order chi connectivity index (χ1) is 8.93. The zero-order valence-electron chi connectivity index (χ0n) is 10.6. The zero-order chi connectivity index (χ0) is 14.0. The van der Waals surface area contributed by atoms with E-state index in [9.17, 15) is 18.5 Å². The Morgan fingerprint density at radius 3 is 2.47 bits per heavy atom. The smallest absolute Gasteiger partial charge is 0.272 e. The number of nitrogens with one attached hydrogen (secondary N) is 1. The van der Waals surface area contributed by atoms with E-state index in [2.05, 4.69) is 5.32 Å². The molecule has 7 heteroatoms. The molecule has 19 heavy (non-hydrogen) atoms. The minimum absolute atomic E-state index is 0.0516. The van der Waals surface area contributed by atoms with Crippen LogP contribution in [0.3, 0.4) is 0 Å². The van der Waals surface area contributed by atoms with Gasteiger partial charge in [-0.15, -0.1) is 0 Å². The second kappa shape index (κ2) is 5.26. The molecule has 0 bridgehead atoms. The van der Waals surface area contributed by atoms with Gasteiger partial charge >= 0.3 is 0 Å². The first-order valence-corrected chi connectivity index (χ1v) is 7.67. The number of nitro benzene ring substituents is 1. The van der Waals surface area contributed by atoms with Crippen molar-refractivity contribution in [3.63, 3.8) is 0 Å². The molecular weight excluding hydrogens is 268 g/mol. The molecule has 0 unspecified atom stereocenters. The summed E-state index contributed by atoms with van der Waals surface area (Å²) in [6.07, 6.45) is 1.16. The maximum atomic E-state index is 12.4. The molecule has 1 fully saturated rings. The van der Waals surface area contributed by atoms with Crippen LogP contribution in [0, 0.1) is 17.0 Å². The largest absolute Gasteiger partial charge is 0.317 e. The first-order valence-electron chi connectivity index (χ1n) is 6.12. The molecule has 1 aliphatic rings. The van der Waals surface area contributed by atoms with Crippen LogP contribution in [0.5, 0.6) is 0 Å². The molecule has 0 aliphatic carbocycles. The molecule has 1 aromatic rings. The lowest BCUT2D eigenvalue weighted by atomic mass is 10.2. The number of nitro groups is 1. The number of benzene rings is 1. The van der Waals surface area contributed by atoms with Crippen LogP contribution < -0.4 is 5.32 Å². The van der Waals surface area contributed by atoms with Gasteiger partial charge in [0.2, 0.25) is 0 Å². The number of sulfone groups is 1. The predicted octanol–water partition coefficient (Wildman–Crippen LogP) is 1.43. The average Bonchev–Trinajstić information content (AvgIpc) is 2.39. The monoisotopic (exact) mass is 284 g/mol. The first kappa shape index (κ1) is 14.0. The summed E-state index contributed by atoms with van der Waals surface area (Å²) in [4.78, 5) is 10.4. The molecule has 0 saturated carbocycles. The van der Waals surface area contributed by atoms with Crippen molar-refractivity contribution >= 4 is 15.5 Å². The molecule has 1 aliphatic heterocycles. The van der Waals surface area contributed by atoms with Crippen LogP contribution in [0.1, 0.15) is 18.4 Å². The molecule has 0 radical (unpaired) electrons. The zero-order valence-corrected chi connectivity index (χ0v) is 11.4. The summed E-state index contributed by atoms with van der Waals surface area (Å²) in [7, 11) is -3.39. The molecule has 6 nitrogen and oxygen atoms in total. The van der Waals surface area contributed by atoms with Gasteiger partial charge < -0.3 is 5.32 Å². The van der Waals surface area contributed by atoms with Crippen molar-refractivity contribution in [1.82, 2.24) is 5.32 Å². The SMILES string of the molecule is Cc1cc(S(=O)(=O)C2CCNCC2)ccc1[N+](=O)[O-]. The molecule has 1 heterocycles. The van der Waals surface area contributed by atoms with E-state index in [0.717, 1.165) is 0 Å². The molecule has 104 valence electrons. The van der Waals surface area contributed by atoms with Crippen LogP contribution in [0.25, 0.3) is 0 Å². The topological polar surface area (TPSA) is 89.3 Å². The Balaban J connectivity index is 2.35. The predicted molar refractivity (Wildman–Crippen MR) is 70.9 cm³/mol. The molecule has 0 spiro atoms. The highest BCUT2D eigenvalue weighted by atomic mass is 32.2. The summed E-state index contributed by atoms with van der Waals surface area (Å²) in [6.45, 7) is 2.94. The summed E-state index contributed by atoms with van der Waals surface area (Å²) in [5, 5.41) is 13.5. The van der Waals surface area contributed by atoms with Gasteiger partial charge in [0.15, 0.2) is 9.84 Å². The Labute approximate surface area is 111 Å². The molecule has 1 saturated heterocycles. The maximum absolute atomic E-state index is 12.4. The normalized spacial score (nSPS) is 17.3. The van der Waals surface area contributed by atoms with Crippen LogP contribution in [-0.4, -0.2) is 31.7 Å². The number of hydrogen-bond donors (Lipinski definition) is 1. The Kier molecular flexibility index (Phi) is 3.86. The van der Waals surface area contributed by atoms with Gasteiger partial charge in [0.1, 0.15) is 0 Å². The van der Waals surface area contributed by atoms with Crippen molar-refractivity contribution in [2.45, 2.75) is 29.9 Å². The number of hydrogen-bond acceptors (Lipinski definition) is 5. The number of aryl methyl sites for hydroxylation is 1. The fraction of sp³-hybridized carbons (Fsp3) is 0.500. The highest BCUT2D eigenvalue weighted by Crippen LogP contribution is 2.26. The summed E-state index contributed by atoms with van der Waals surface area (Å²) >= 11 is 0. The lowest BCUT2D eigenvalue weighted by molar-refractivity contribution is -0.385. The average molecular weight is 284 g/mol. The Bertz CT molecular complexity index is 592. The lowest BCUT2D eigenvalue weighted by Gasteiger charge is -2.22. The van der Waals surface area contributed by atoms with Crippen LogP contribution in [-0.2, 0) is 9.84 Å². The fourth-order valence-electron chi connectivity index (χ4n) is 2.31. The van der Waals surface area contributed by atoms with Gasteiger partial charge in [-0.2, -0.15) is 0 Å². The second-order valence-corrected chi connectivity index (χ2v) is 6.93. The third-order valence-corrected chi connectivity index (χ3v) is 5.68. The number of rotatable bonds is 3. The van der Waals surface area contributed by atoms with Gasteiger partial charge in [0, 0.05) is 11.6 Å². The van der Waals surface area contributed by atoms with Crippen molar-refractivity contribution in [3.05, 3.63) is 33.9 Å². The van der Waals surface area contributed by atoms with E-state index >= 15 is 0 Å². The van der Waals surface area contributed by atoms with Crippen molar-refractivity contribution in [2.75, 3.05) is 13.1 Å². The van der Waals surface area contributed by atoms with E-state index in [0.29, 0.717) is 31.5 Å². The Morgan fingerprint density at radius 2 is 1.95 bits per heavy atom. The fourth-order valence-corrected chi connectivity index (χ4v) is 4.15. The van der Waals surface area contributed by atoms with E-state index in [-0.39, 0.29) is 10.6 Å². The molecule has 0 amide bonds. The van der Waals surface area contributed by atoms with E-state index in [4.69, 9.17) is 0 Å². The third-order valence-electron chi connectivity index (χ3n) is 3.42. The number of piperidine rings is 1. The van der Waals surface area contributed by atoms with Crippen molar-refractivity contribution in [2.24, 2.45) is 0 Å². The van der Waals surface area contributed by atoms with Crippen LogP contribution in [0.15, 0.2) is 23.1 Å². The summed E-state index contributed by atoms with van der Waals surface area (Å²) in [5.41, 5.74) is 0.323. The van der Waals surface area contributed by atoms with E-state index in [1.807, 2.05) is 0 Å². The number of nitrogens with zero attached hydrogens (tertiary/aromatic N) is 1. The summed E-state index contributed by atoms with van der Waals surface area (Å²) in [5.74, 6) is 0. The molecule has 2 rings (SSSR count). The summed E-state index contributed by atoms with van der Waals surface area (Å²) < 4.78 is 24.8. The summed E-state index contributed by atoms with van der Waals surface area (Å²) in [6, 6.07) is 4.00.